The number of anilines is 1. The van der Waals surface area contributed by atoms with E-state index in [2.05, 4.69) is 4.98 Å². The lowest BCUT2D eigenvalue weighted by atomic mass is 10.1. The van der Waals surface area contributed by atoms with Gasteiger partial charge in [-0.3, -0.25) is 9.78 Å². The highest BCUT2D eigenvalue weighted by atomic mass is 79.9. The van der Waals surface area contributed by atoms with Crippen molar-refractivity contribution in [1.29, 1.82) is 0 Å². The number of amides is 1. The highest BCUT2D eigenvalue weighted by Gasteiger charge is 2.27. The Bertz CT molecular complexity index is 542. The summed E-state index contributed by atoms with van der Waals surface area (Å²) in [4.78, 5) is 17.8. The molecule has 1 aliphatic rings. The van der Waals surface area contributed by atoms with Crippen LogP contribution in [0.3, 0.4) is 0 Å². The summed E-state index contributed by atoms with van der Waals surface area (Å²) in [7, 11) is 0. The maximum absolute atomic E-state index is 12.1. The molecule has 4 heteroatoms. The summed E-state index contributed by atoms with van der Waals surface area (Å²) in [6.07, 6.45) is 3.40. The summed E-state index contributed by atoms with van der Waals surface area (Å²) in [6, 6.07) is 11.4. The van der Waals surface area contributed by atoms with Crippen LogP contribution in [0.25, 0.3) is 0 Å². The zero-order valence-corrected chi connectivity index (χ0v) is 10.7. The molecule has 0 saturated carbocycles. The van der Waals surface area contributed by atoms with Crippen molar-refractivity contribution in [3.05, 3.63) is 59.9 Å². The van der Waals surface area contributed by atoms with Gasteiger partial charge in [0.25, 0.3) is 5.91 Å². The third-order valence-electron chi connectivity index (χ3n) is 2.80. The van der Waals surface area contributed by atoms with Crippen LogP contribution >= 0.6 is 17.0 Å². The molecule has 0 spiro atoms. The summed E-state index contributed by atoms with van der Waals surface area (Å²) in [6.45, 7) is 0.652. The van der Waals surface area contributed by atoms with Crippen LogP contribution in [0.2, 0.25) is 0 Å². The van der Waals surface area contributed by atoms with Gasteiger partial charge in [0.2, 0.25) is 0 Å². The monoisotopic (exact) mass is 290 g/mol. The van der Waals surface area contributed by atoms with E-state index in [1.165, 1.54) is 0 Å². The number of halogens is 1. The number of aromatic nitrogens is 1. The summed E-state index contributed by atoms with van der Waals surface area (Å²) < 4.78 is 0. The predicted molar refractivity (Wildman–Crippen MR) is 71.5 cm³/mol. The molecule has 0 aliphatic carbocycles. The van der Waals surface area contributed by atoms with Gasteiger partial charge >= 0.3 is 0 Å². The number of hydrogen-bond donors (Lipinski definition) is 0. The highest BCUT2D eigenvalue weighted by Crippen LogP contribution is 2.27. The van der Waals surface area contributed by atoms with Crippen molar-refractivity contribution in [3.8, 4) is 0 Å². The normalized spacial score (nSPS) is 13.2. The lowest BCUT2D eigenvalue weighted by Gasteiger charge is -2.14. The lowest BCUT2D eigenvalue weighted by Crippen LogP contribution is -2.22. The molecule has 0 saturated heterocycles. The van der Waals surface area contributed by atoms with Crippen molar-refractivity contribution >= 4 is 28.6 Å². The lowest BCUT2D eigenvalue weighted by molar-refractivity contribution is 0.0996. The van der Waals surface area contributed by atoms with Gasteiger partial charge in [0, 0.05) is 23.6 Å². The second-order valence-corrected chi connectivity index (χ2v) is 3.75. The maximum atomic E-state index is 12.1. The predicted octanol–water partition coefficient (Wildman–Crippen LogP) is 2.82. The fraction of sp³-hybridized carbons (Fsp3) is 0.0769. The first kappa shape index (κ1) is 11.8. The molecule has 1 aromatic heterocycles. The van der Waals surface area contributed by atoms with Gasteiger partial charge in [0.15, 0.2) is 0 Å². The van der Waals surface area contributed by atoms with Crippen molar-refractivity contribution in [2.75, 3.05) is 4.90 Å². The first-order valence-electron chi connectivity index (χ1n) is 5.16. The van der Waals surface area contributed by atoms with Crippen molar-refractivity contribution < 1.29 is 4.79 Å². The highest BCUT2D eigenvalue weighted by molar-refractivity contribution is 8.93. The molecule has 0 N–H and O–H groups in total. The van der Waals surface area contributed by atoms with Gasteiger partial charge < -0.3 is 4.90 Å². The Morgan fingerprint density at radius 2 is 1.76 bits per heavy atom. The average Bonchev–Trinajstić information content (AvgIpc) is 2.69. The summed E-state index contributed by atoms with van der Waals surface area (Å²) in [5.41, 5.74) is 2.79. The van der Waals surface area contributed by atoms with Gasteiger partial charge in [-0.2, -0.15) is 0 Å². The Labute approximate surface area is 110 Å². The second kappa shape index (κ2) is 4.67. The van der Waals surface area contributed by atoms with E-state index in [9.17, 15) is 4.79 Å². The van der Waals surface area contributed by atoms with E-state index in [1.807, 2.05) is 36.4 Å². The second-order valence-electron chi connectivity index (χ2n) is 3.75. The largest absolute Gasteiger partial charge is 0.304 e. The molecule has 0 bridgehead atoms. The van der Waals surface area contributed by atoms with E-state index in [0.29, 0.717) is 6.54 Å². The van der Waals surface area contributed by atoms with Crippen LogP contribution in [0.15, 0.2) is 48.8 Å². The summed E-state index contributed by atoms with van der Waals surface area (Å²) >= 11 is 0. The summed E-state index contributed by atoms with van der Waals surface area (Å²) in [5.74, 6) is 0.0711. The van der Waals surface area contributed by atoms with Crippen LogP contribution in [0, 0.1) is 0 Å². The molecule has 3 rings (SSSR count). The molecule has 86 valence electrons. The van der Waals surface area contributed by atoms with Crippen molar-refractivity contribution in [1.82, 2.24) is 4.98 Å². The van der Waals surface area contributed by atoms with Gasteiger partial charge in [0.05, 0.1) is 6.54 Å². The molecule has 17 heavy (non-hydrogen) atoms. The van der Waals surface area contributed by atoms with E-state index in [4.69, 9.17) is 0 Å². The Hall–Kier alpha value is -1.68. The van der Waals surface area contributed by atoms with E-state index < -0.39 is 0 Å². The molecule has 2 aromatic rings. The number of benzene rings is 1. The van der Waals surface area contributed by atoms with Gasteiger partial charge in [-0.15, -0.1) is 17.0 Å². The van der Waals surface area contributed by atoms with Crippen LogP contribution < -0.4 is 4.90 Å². The SMILES string of the molecule is Br.O=C1c2ccccc2CN1c1ccncc1. The number of pyridine rings is 1. The van der Waals surface area contributed by atoms with Gasteiger partial charge in [-0.25, -0.2) is 0 Å². The van der Waals surface area contributed by atoms with E-state index in [0.717, 1.165) is 16.8 Å². The quantitative estimate of drug-likeness (QED) is 0.809. The van der Waals surface area contributed by atoms with Gasteiger partial charge in [-0.1, -0.05) is 18.2 Å². The fourth-order valence-corrected chi connectivity index (χ4v) is 1.99. The average molecular weight is 291 g/mol. The Balaban J connectivity index is 0.00000108. The molecular formula is C13H11BrN2O. The van der Waals surface area contributed by atoms with Crippen LogP contribution in [-0.2, 0) is 6.54 Å². The van der Waals surface area contributed by atoms with Gasteiger partial charge in [-0.05, 0) is 23.8 Å². The molecule has 0 fully saturated rings. The Kier molecular flexibility index (Phi) is 3.24. The van der Waals surface area contributed by atoms with Gasteiger partial charge in [0.1, 0.15) is 0 Å². The number of nitrogens with zero attached hydrogens (tertiary/aromatic N) is 2. The first-order chi connectivity index (χ1) is 7.86. The molecule has 3 nitrogen and oxygen atoms in total. The molecule has 1 aliphatic heterocycles. The smallest absolute Gasteiger partial charge is 0.258 e. The number of rotatable bonds is 1. The third kappa shape index (κ3) is 1.96. The standard InChI is InChI=1S/C13H10N2O.BrH/c16-13-12-4-2-1-3-10(12)9-15(13)11-5-7-14-8-6-11;/h1-8H,9H2;1H. The molecule has 2 heterocycles. The van der Waals surface area contributed by atoms with Crippen LogP contribution in [0.4, 0.5) is 5.69 Å². The minimum Gasteiger partial charge on any atom is -0.304 e. The Morgan fingerprint density at radius 1 is 1.06 bits per heavy atom. The number of fused-ring (bicyclic) bond motifs is 1. The van der Waals surface area contributed by atoms with E-state index in [-0.39, 0.29) is 22.9 Å². The number of carbonyl (C=O) groups excluding carboxylic acids is 1. The topological polar surface area (TPSA) is 33.2 Å². The van der Waals surface area contributed by atoms with E-state index >= 15 is 0 Å². The molecule has 1 aromatic carbocycles. The van der Waals surface area contributed by atoms with Crippen LogP contribution in [0.5, 0.6) is 0 Å². The number of carbonyl (C=O) groups is 1. The van der Waals surface area contributed by atoms with Crippen molar-refractivity contribution in [3.63, 3.8) is 0 Å². The molecule has 0 unspecified atom stereocenters. The van der Waals surface area contributed by atoms with Crippen LogP contribution in [0.1, 0.15) is 15.9 Å². The van der Waals surface area contributed by atoms with E-state index in [1.54, 1.807) is 17.3 Å². The fourth-order valence-electron chi connectivity index (χ4n) is 1.99. The first-order valence-corrected chi connectivity index (χ1v) is 5.16. The van der Waals surface area contributed by atoms with Crippen molar-refractivity contribution in [2.45, 2.75) is 6.54 Å². The molecular weight excluding hydrogens is 280 g/mol. The molecule has 0 atom stereocenters. The molecule has 1 amide bonds. The summed E-state index contributed by atoms with van der Waals surface area (Å²) in [5, 5.41) is 0. The Morgan fingerprint density at radius 3 is 2.47 bits per heavy atom. The minimum absolute atomic E-state index is 0. The zero-order chi connectivity index (χ0) is 11.0. The third-order valence-corrected chi connectivity index (χ3v) is 2.80. The molecule has 0 radical (unpaired) electrons. The maximum Gasteiger partial charge on any atom is 0.258 e. The number of hydrogen-bond acceptors (Lipinski definition) is 2. The minimum atomic E-state index is 0. The van der Waals surface area contributed by atoms with Crippen molar-refractivity contribution in [2.24, 2.45) is 0 Å². The van der Waals surface area contributed by atoms with Crippen LogP contribution in [-0.4, -0.2) is 10.9 Å². The zero-order valence-electron chi connectivity index (χ0n) is 9.04.